The van der Waals surface area contributed by atoms with Crippen LogP contribution in [0.1, 0.15) is 155 Å². The first kappa shape index (κ1) is 59.3. The molecule has 0 bridgehead atoms. The summed E-state index contributed by atoms with van der Waals surface area (Å²) in [5, 5.41) is 50.2. The van der Waals surface area contributed by atoms with Crippen LogP contribution in [-0.2, 0) is 27.9 Å². The van der Waals surface area contributed by atoms with E-state index < -0.39 is 63.1 Å². The third kappa shape index (κ3) is 32.0. The van der Waals surface area contributed by atoms with Gasteiger partial charge in [-0.25, -0.2) is 4.57 Å². The standard InChI is InChI=1S/C51H85O12P/c1-3-5-7-9-11-13-15-17-19-21-22-23-24-25-26-28-30-32-34-36-38-40-45(52)62-44(43-61-64(58,59)63-51-49(56)47(54)46(53)48(55)50(51)57)42-60-41-39-37-35-33-31-29-27-20-18-16-14-12-10-8-6-4-2/h6,8,12,14-15,17-18,20-22,24-25,29,31,35,37,44,46-51,53-57H,3-5,7,9-11,13,16,19,23,26-28,30,32-34,36,38-43H2,1-2H3,(H,58,59)/b8-6-,14-12-,17-15-,20-18-,22-21-,25-24-,31-29-,37-35-. The summed E-state index contributed by atoms with van der Waals surface area (Å²) in [5.41, 5.74) is 0. The fourth-order valence-electron chi connectivity index (χ4n) is 6.66. The van der Waals surface area contributed by atoms with E-state index in [1.165, 1.54) is 38.5 Å². The number of aliphatic hydroxyl groups excluding tert-OH is 5. The van der Waals surface area contributed by atoms with E-state index in [0.717, 1.165) is 83.5 Å². The Labute approximate surface area is 385 Å². The molecule has 13 heteroatoms. The van der Waals surface area contributed by atoms with Gasteiger partial charge in [0.2, 0.25) is 0 Å². The smallest absolute Gasteiger partial charge is 0.457 e. The topological polar surface area (TPSA) is 192 Å². The van der Waals surface area contributed by atoms with Gasteiger partial charge in [-0.3, -0.25) is 13.8 Å². The first-order valence-electron chi connectivity index (χ1n) is 24.1. The van der Waals surface area contributed by atoms with Gasteiger partial charge < -0.3 is 39.9 Å². The second-order valence-electron chi connectivity index (χ2n) is 16.2. The second-order valence-corrected chi connectivity index (χ2v) is 17.6. The summed E-state index contributed by atoms with van der Waals surface area (Å²) < 4.78 is 34.1. The maximum absolute atomic E-state index is 12.8. The van der Waals surface area contributed by atoms with E-state index in [2.05, 4.69) is 98.9 Å². The van der Waals surface area contributed by atoms with Crippen LogP contribution in [0.3, 0.4) is 0 Å². The molecule has 12 nitrogen and oxygen atoms in total. The van der Waals surface area contributed by atoms with Gasteiger partial charge in [0.05, 0.1) is 19.8 Å². The summed E-state index contributed by atoms with van der Waals surface area (Å²) in [6.45, 7) is 3.89. The molecule has 0 aromatic rings. The number of allylic oxidation sites excluding steroid dienone is 15. The van der Waals surface area contributed by atoms with Crippen LogP contribution in [0.5, 0.6) is 0 Å². The monoisotopic (exact) mass is 921 g/mol. The predicted molar refractivity (Wildman–Crippen MR) is 257 cm³/mol. The van der Waals surface area contributed by atoms with Gasteiger partial charge in [-0.2, -0.15) is 0 Å². The number of phosphoric acid groups is 1. The molecule has 6 atom stereocenters. The lowest BCUT2D eigenvalue weighted by Crippen LogP contribution is -2.64. The summed E-state index contributed by atoms with van der Waals surface area (Å²) in [7, 11) is -5.05. The van der Waals surface area contributed by atoms with Gasteiger partial charge in [0.1, 0.15) is 42.7 Å². The molecular formula is C51H85O12P. The molecule has 366 valence electrons. The van der Waals surface area contributed by atoms with Gasteiger partial charge in [0.15, 0.2) is 0 Å². The maximum Gasteiger partial charge on any atom is 0.472 e. The Balaban J connectivity index is 2.44. The molecule has 1 saturated carbocycles. The number of unbranched alkanes of at least 4 members (excludes halogenated alkanes) is 11. The van der Waals surface area contributed by atoms with Crippen molar-refractivity contribution in [1.29, 1.82) is 0 Å². The van der Waals surface area contributed by atoms with Crippen LogP contribution in [-0.4, -0.2) is 98.9 Å². The minimum absolute atomic E-state index is 0.143. The molecule has 6 unspecified atom stereocenters. The average Bonchev–Trinajstić information content (AvgIpc) is 3.28. The highest BCUT2D eigenvalue weighted by Gasteiger charge is 2.51. The summed E-state index contributed by atoms with van der Waals surface area (Å²) in [6.07, 6.45) is 43.5. The Kier molecular flexibility index (Phi) is 37.5. The largest absolute Gasteiger partial charge is 0.472 e. The summed E-state index contributed by atoms with van der Waals surface area (Å²) in [5.74, 6) is -0.518. The number of carbonyl (C=O) groups excluding carboxylic acids is 1. The molecule has 0 aliphatic heterocycles. The Hall–Kier alpha value is -2.74. The number of ether oxygens (including phenoxy) is 2. The van der Waals surface area contributed by atoms with Crippen molar-refractivity contribution < 1.29 is 58.3 Å². The highest BCUT2D eigenvalue weighted by Crippen LogP contribution is 2.47. The first-order chi connectivity index (χ1) is 31.0. The lowest BCUT2D eigenvalue weighted by atomic mass is 9.85. The molecule has 1 rings (SSSR count). The fraction of sp³-hybridized carbons (Fsp3) is 0.667. The highest BCUT2D eigenvalue weighted by atomic mass is 31.2. The zero-order chi connectivity index (χ0) is 46.9. The lowest BCUT2D eigenvalue weighted by Gasteiger charge is -2.41. The second kappa shape index (κ2) is 40.5. The molecule has 1 aliphatic carbocycles. The predicted octanol–water partition coefficient (Wildman–Crippen LogP) is 10.3. The molecule has 1 aliphatic rings. The third-order valence-corrected chi connectivity index (χ3v) is 11.4. The van der Waals surface area contributed by atoms with Crippen molar-refractivity contribution in [3.05, 3.63) is 97.2 Å². The van der Waals surface area contributed by atoms with Crippen LogP contribution >= 0.6 is 7.82 Å². The number of hydrogen-bond donors (Lipinski definition) is 6. The summed E-state index contributed by atoms with van der Waals surface area (Å²) in [6, 6.07) is 0. The SMILES string of the molecule is CC/C=C\C/C=C\C/C=C\C/C=C\C/C=C\CCOCC(COP(=O)(O)OC1C(O)C(O)C(O)C(O)C1O)OC(=O)CCCCCCCC/C=C\C/C=C\C/C=C\CCCCCCC. The Bertz CT molecular complexity index is 1420. The molecular weight excluding hydrogens is 836 g/mol. The maximum atomic E-state index is 12.8. The third-order valence-electron chi connectivity index (χ3n) is 10.5. The van der Waals surface area contributed by atoms with Crippen molar-refractivity contribution in [1.82, 2.24) is 0 Å². The molecule has 0 spiro atoms. The van der Waals surface area contributed by atoms with E-state index in [9.17, 15) is 39.8 Å². The number of carbonyl (C=O) groups is 1. The highest BCUT2D eigenvalue weighted by molar-refractivity contribution is 7.47. The average molecular weight is 921 g/mol. The van der Waals surface area contributed by atoms with Crippen molar-refractivity contribution >= 4 is 13.8 Å². The van der Waals surface area contributed by atoms with E-state index in [0.29, 0.717) is 12.8 Å². The van der Waals surface area contributed by atoms with Crippen molar-refractivity contribution in [2.45, 2.75) is 198 Å². The molecule has 0 aromatic carbocycles. The Morgan fingerprint density at radius 2 is 0.922 bits per heavy atom. The quantitative estimate of drug-likeness (QED) is 0.0148. The molecule has 0 aromatic heterocycles. The number of esters is 1. The van der Waals surface area contributed by atoms with Crippen LogP contribution in [0.25, 0.3) is 0 Å². The number of rotatable bonds is 39. The molecule has 1 fully saturated rings. The molecule has 6 N–H and O–H groups in total. The summed E-state index contributed by atoms with van der Waals surface area (Å²) in [4.78, 5) is 23.2. The molecule has 0 saturated heterocycles. The Morgan fingerprint density at radius 1 is 0.516 bits per heavy atom. The number of phosphoric ester groups is 1. The fourth-order valence-corrected chi connectivity index (χ4v) is 7.63. The minimum Gasteiger partial charge on any atom is -0.457 e. The van der Waals surface area contributed by atoms with Gasteiger partial charge >= 0.3 is 13.8 Å². The van der Waals surface area contributed by atoms with E-state index >= 15 is 0 Å². The first-order valence-corrected chi connectivity index (χ1v) is 25.6. The van der Waals surface area contributed by atoms with E-state index in [-0.39, 0.29) is 19.6 Å². The van der Waals surface area contributed by atoms with Gasteiger partial charge in [0, 0.05) is 6.42 Å². The molecule has 0 heterocycles. The van der Waals surface area contributed by atoms with Gasteiger partial charge in [-0.15, -0.1) is 0 Å². The van der Waals surface area contributed by atoms with Crippen LogP contribution < -0.4 is 0 Å². The van der Waals surface area contributed by atoms with Gasteiger partial charge in [-0.05, 0) is 83.5 Å². The van der Waals surface area contributed by atoms with Crippen molar-refractivity contribution in [3.63, 3.8) is 0 Å². The zero-order valence-electron chi connectivity index (χ0n) is 39.0. The van der Waals surface area contributed by atoms with Crippen molar-refractivity contribution in [2.75, 3.05) is 19.8 Å². The number of aliphatic hydroxyl groups is 5. The molecule has 0 amide bonds. The minimum atomic E-state index is -5.05. The van der Waals surface area contributed by atoms with E-state index in [1.807, 2.05) is 12.2 Å². The molecule has 0 radical (unpaired) electrons. The van der Waals surface area contributed by atoms with Gasteiger partial charge in [-0.1, -0.05) is 162 Å². The van der Waals surface area contributed by atoms with Crippen LogP contribution in [0.2, 0.25) is 0 Å². The number of hydrogen-bond acceptors (Lipinski definition) is 11. The van der Waals surface area contributed by atoms with Crippen LogP contribution in [0, 0.1) is 0 Å². The van der Waals surface area contributed by atoms with Crippen molar-refractivity contribution in [3.8, 4) is 0 Å². The van der Waals surface area contributed by atoms with Crippen LogP contribution in [0.4, 0.5) is 0 Å². The lowest BCUT2D eigenvalue weighted by molar-refractivity contribution is -0.220. The van der Waals surface area contributed by atoms with Crippen LogP contribution in [0.15, 0.2) is 97.2 Å². The van der Waals surface area contributed by atoms with E-state index in [4.69, 9.17) is 18.5 Å². The normalized spacial score (nSPS) is 22.6. The zero-order valence-corrected chi connectivity index (χ0v) is 39.9. The molecule has 64 heavy (non-hydrogen) atoms. The Morgan fingerprint density at radius 3 is 1.41 bits per heavy atom. The summed E-state index contributed by atoms with van der Waals surface area (Å²) >= 11 is 0. The van der Waals surface area contributed by atoms with Gasteiger partial charge in [0.25, 0.3) is 0 Å². The van der Waals surface area contributed by atoms with E-state index in [1.54, 1.807) is 0 Å². The van der Waals surface area contributed by atoms with Crippen molar-refractivity contribution in [2.24, 2.45) is 0 Å².